The largest absolute Gasteiger partial charge is 0.336 e. The maximum absolute atomic E-state index is 13.3. The first-order valence-corrected chi connectivity index (χ1v) is 11.6. The predicted molar refractivity (Wildman–Crippen MR) is 113 cm³/mol. The van der Waals surface area contributed by atoms with Crippen molar-refractivity contribution >= 4 is 28.6 Å². The molecule has 4 heteroatoms. The Hall–Kier alpha value is -1.55. The summed E-state index contributed by atoms with van der Waals surface area (Å²) in [6.07, 6.45) is 12.6. The topological polar surface area (TPSA) is 33.2 Å². The number of benzene rings is 1. The summed E-state index contributed by atoms with van der Waals surface area (Å²) in [7, 11) is 0. The fourth-order valence-electron chi connectivity index (χ4n) is 4.76. The summed E-state index contributed by atoms with van der Waals surface area (Å²) in [6.45, 7) is 0. The average molecular weight is 383 g/mol. The first kappa shape index (κ1) is 18.8. The fourth-order valence-corrected chi connectivity index (χ4v) is 5.51. The van der Waals surface area contributed by atoms with E-state index in [9.17, 15) is 4.79 Å². The number of pyridine rings is 1. The number of rotatable bonds is 5. The second kappa shape index (κ2) is 9.09. The zero-order valence-electron chi connectivity index (χ0n) is 16.1. The van der Waals surface area contributed by atoms with Crippen LogP contribution in [0.25, 0.3) is 10.9 Å². The zero-order valence-corrected chi connectivity index (χ0v) is 16.9. The van der Waals surface area contributed by atoms with E-state index in [1.54, 1.807) is 11.8 Å². The van der Waals surface area contributed by atoms with Crippen molar-refractivity contribution in [2.75, 3.05) is 5.75 Å². The molecule has 2 aliphatic carbocycles. The van der Waals surface area contributed by atoms with Gasteiger partial charge in [-0.05, 0) is 37.8 Å². The highest BCUT2D eigenvalue weighted by Crippen LogP contribution is 2.31. The van der Waals surface area contributed by atoms with Crippen LogP contribution in [0.1, 0.15) is 64.2 Å². The molecule has 0 aliphatic heterocycles. The van der Waals surface area contributed by atoms with Gasteiger partial charge in [-0.1, -0.05) is 74.6 Å². The van der Waals surface area contributed by atoms with Gasteiger partial charge in [0, 0.05) is 17.5 Å². The fraction of sp³-hybridized carbons (Fsp3) is 0.565. The summed E-state index contributed by atoms with van der Waals surface area (Å²) >= 11 is 1.60. The van der Waals surface area contributed by atoms with E-state index in [4.69, 9.17) is 4.98 Å². The number of fused-ring (bicyclic) bond motifs is 1. The van der Waals surface area contributed by atoms with Gasteiger partial charge in [0.05, 0.1) is 16.3 Å². The Labute approximate surface area is 166 Å². The van der Waals surface area contributed by atoms with Gasteiger partial charge in [0.15, 0.2) is 0 Å². The van der Waals surface area contributed by atoms with Gasteiger partial charge in [-0.15, -0.1) is 0 Å². The maximum atomic E-state index is 13.3. The summed E-state index contributed by atoms with van der Waals surface area (Å²) in [4.78, 5) is 20.3. The highest BCUT2D eigenvalue weighted by Gasteiger charge is 2.32. The first-order chi connectivity index (χ1) is 13.3. The molecule has 2 saturated carbocycles. The number of amides is 1. The van der Waals surface area contributed by atoms with Crippen molar-refractivity contribution < 1.29 is 4.79 Å². The normalized spacial score (nSPS) is 19.3. The molecule has 0 unspecified atom stereocenters. The number of para-hydroxylation sites is 1. The van der Waals surface area contributed by atoms with E-state index in [2.05, 4.69) is 17.0 Å². The third kappa shape index (κ3) is 4.66. The lowest BCUT2D eigenvalue weighted by Crippen LogP contribution is -2.49. The number of carbonyl (C=O) groups is 1. The van der Waals surface area contributed by atoms with Crippen molar-refractivity contribution in [3.8, 4) is 0 Å². The Kier molecular flexibility index (Phi) is 6.33. The van der Waals surface area contributed by atoms with Gasteiger partial charge in [0.25, 0.3) is 0 Å². The average Bonchev–Trinajstić information content (AvgIpc) is 2.74. The molecule has 4 rings (SSSR count). The monoisotopic (exact) mass is 382 g/mol. The van der Waals surface area contributed by atoms with Crippen LogP contribution in [0.4, 0.5) is 0 Å². The maximum Gasteiger partial charge on any atom is 0.233 e. The molecule has 1 aromatic heterocycles. The van der Waals surface area contributed by atoms with Gasteiger partial charge < -0.3 is 4.90 Å². The number of nitrogens with zero attached hydrogens (tertiary/aromatic N) is 2. The molecule has 0 bridgehead atoms. The molecule has 144 valence electrons. The number of hydrogen-bond acceptors (Lipinski definition) is 3. The van der Waals surface area contributed by atoms with Crippen LogP contribution in [0.3, 0.4) is 0 Å². The van der Waals surface area contributed by atoms with Crippen molar-refractivity contribution in [3.05, 3.63) is 36.4 Å². The van der Waals surface area contributed by atoms with Crippen LogP contribution in [0, 0.1) is 0 Å². The summed E-state index contributed by atoms with van der Waals surface area (Å²) in [5, 5.41) is 2.11. The van der Waals surface area contributed by atoms with Crippen LogP contribution >= 0.6 is 11.8 Å². The molecular formula is C23H30N2OS. The Morgan fingerprint density at radius 3 is 2.19 bits per heavy atom. The van der Waals surface area contributed by atoms with Crippen molar-refractivity contribution in [1.82, 2.24) is 9.88 Å². The minimum absolute atomic E-state index is 0.328. The van der Waals surface area contributed by atoms with E-state index < -0.39 is 0 Å². The molecule has 0 saturated heterocycles. The highest BCUT2D eigenvalue weighted by atomic mass is 32.2. The van der Waals surface area contributed by atoms with Gasteiger partial charge in [0.1, 0.15) is 0 Å². The summed E-state index contributed by atoms with van der Waals surface area (Å²) in [5.41, 5.74) is 1.01. The van der Waals surface area contributed by atoms with Crippen LogP contribution in [-0.4, -0.2) is 33.6 Å². The number of carbonyl (C=O) groups excluding carboxylic acids is 1. The third-order valence-corrected chi connectivity index (χ3v) is 7.05. The lowest BCUT2D eigenvalue weighted by atomic mass is 9.88. The van der Waals surface area contributed by atoms with Gasteiger partial charge >= 0.3 is 0 Å². The predicted octanol–water partition coefficient (Wildman–Crippen LogP) is 5.82. The summed E-state index contributed by atoms with van der Waals surface area (Å²) < 4.78 is 0. The second-order valence-electron chi connectivity index (χ2n) is 8.02. The van der Waals surface area contributed by atoms with Gasteiger partial charge in [-0.3, -0.25) is 4.79 Å². The standard InChI is InChI=1S/C23H30N2OS/c26-23(17-27-22-16-15-18-9-7-8-14-21(18)24-22)25(19-10-3-1-4-11-19)20-12-5-2-6-13-20/h7-9,14-16,19-20H,1-6,10-13,17H2. The molecule has 1 heterocycles. The Morgan fingerprint density at radius 2 is 1.52 bits per heavy atom. The van der Waals surface area contributed by atoms with Crippen molar-refractivity contribution in [3.63, 3.8) is 0 Å². The van der Waals surface area contributed by atoms with Crippen molar-refractivity contribution in [2.45, 2.75) is 81.3 Å². The van der Waals surface area contributed by atoms with Crippen molar-refractivity contribution in [2.24, 2.45) is 0 Å². The lowest BCUT2D eigenvalue weighted by molar-refractivity contribution is -0.135. The minimum atomic E-state index is 0.328. The molecule has 0 radical (unpaired) electrons. The molecule has 0 N–H and O–H groups in total. The van der Waals surface area contributed by atoms with Crippen LogP contribution in [0.2, 0.25) is 0 Å². The van der Waals surface area contributed by atoms with E-state index in [1.807, 2.05) is 24.3 Å². The molecular weight excluding hydrogens is 352 g/mol. The molecule has 1 amide bonds. The van der Waals surface area contributed by atoms with Crippen LogP contribution < -0.4 is 0 Å². The van der Waals surface area contributed by atoms with Crippen LogP contribution in [0.15, 0.2) is 41.4 Å². The SMILES string of the molecule is O=C(CSc1ccc2ccccc2n1)N(C1CCCCC1)C1CCCCC1. The zero-order chi connectivity index (χ0) is 18.5. The lowest BCUT2D eigenvalue weighted by Gasteiger charge is -2.41. The third-order valence-electron chi connectivity index (χ3n) is 6.14. The van der Waals surface area contributed by atoms with E-state index in [0.717, 1.165) is 15.9 Å². The highest BCUT2D eigenvalue weighted by molar-refractivity contribution is 7.99. The quantitative estimate of drug-likeness (QED) is 0.611. The second-order valence-corrected chi connectivity index (χ2v) is 9.01. The van der Waals surface area contributed by atoms with Gasteiger partial charge in [-0.2, -0.15) is 0 Å². The van der Waals surface area contributed by atoms with E-state index >= 15 is 0 Å². The number of thioether (sulfide) groups is 1. The van der Waals surface area contributed by atoms with E-state index in [0.29, 0.717) is 23.7 Å². The van der Waals surface area contributed by atoms with Crippen molar-refractivity contribution in [1.29, 1.82) is 0 Å². The van der Waals surface area contributed by atoms with Crippen LogP contribution in [-0.2, 0) is 4.79 Å². The summed E-state index contributed by atoms with van der Waals surface area (Å²) in [5.74, 6) is 0.840. The molecule has 27 heavy (non-hydrogen) atoms. The molecule has 0 spiro atoms. The molecule has 2 fully saturated rings. The van der Waals surface area contributed by atoms with Crippen LogP contribution in [0.5, 0.6) is 0 Å². The van der Waals surface area contributed by atoms with E-state index in [-0.39, 0.29) is 0 Å². The van der Waals surface area contributed by atoms with Gasteiger partial charge in [-0.25, -0.2) is 4.98 Å². The minimum Gasteiger partial charge on any atom is -0.336 e. The Morgan fingerprint density at radius 1 is 0.889 bits per heavy atom. The molecule has 3 nitrogen and oxygen atoms in total. The number of hydrogen-bond donors (Lipinski definition) is 0. The first-order valence-electron chi connectivity index (χ1n) is 10.6. The Bertz CT molecular complexity index is 748. The number of aromatic nitrogens is 1. The molecule has 1 aromatic carbocycles. The molecule has 0 atom stereocenters. The molecule has 2 aliphatic rings. The molecule has 2 aromatic rings. The summed E-state index contributed by atoms with van der Waals surface area (Å²) in [6, 6.07) is 13.3. The van der Waals surface area contributed by atoms with Gasteiger partial charge in [0.2, 0.25) is 5.91 Å². The smallest absolute Gasteiger partial charge is 0.233 e. The van der Waals surface area contributed by atoms with E-state index in [1.165, 1.54) is 64.2 Å². The Balaban J connectivity index is 1.44.